The fourth-order valence-electron chi connectivity index (χ4n) is 3.45. The number of piperidine rings is 1. The number of esters is 1. The van der Waals surface area contributed by atoms with Gasteiger partial charge in [0.2, 0.25) is 0 Å². The standard InChI is InChI=1S/C20H28N4O4/c1-4-28-20(25)16-5-7-23(8-6-16)13-17-14-24(22-21-17)12-15-9-18(26-2)11-19(10-15)27-3/h9-11,14,16H,4-8,12-13H2,1-3H3. The first-order valence-corrected chi connectivity index (χ1v) is 9.61. The lowest BCUT2D eigenvalue weighted by molar-refractivity contribution is -0.149. The van der Waals surface area contributed by atoms with Crippen LogP contribution >= 0.6 is 0 Å². The molecule has 2 aromatic rings. The molecular formula is C20H28N4O4. The summed E-state index contributed by atoms with van der Waals surface area (Å²) in [4.78, 5) is 14.2. The molecule has 1 aromatic heterocycles. The zero-order chi connectivity index (χ0) is 19.9. The van der Waals surface area contributed by atoms with Crippen molar-refractivity contribution in [2.24, 2.45) is 5.92 Å². The molecular weight excluding hydrogens is 360 g/mol. The van der Waals surface area contributed by atoms with Gasteiger partial charge in [-0.15, -0.1) is 5.10 Å². The van der Waals surface area contributed by atoms with Crippen molar-refractivity contribution in [3.8, 4) is 11.5 Å². The molecule has 8 nitrogen and oxygen atoms in total. The topological polar surface area (TPSA) is 78.7 Å². The van der Waals surface area contributed by atoms with Crippen LogP contribution in [0.2, 0.25) is 0 Å². The molecule has 0 radical (unpaired) electrons. The van der Waals surface area contributed by atoms with Crippen molar-refractivity contribution in [3.63, 3.8) is 0 Å². The van der Waals surface area contributed by atoms with Crippen molar-refractivity contribution in [2.75, 3.05) is 33.9 Å². The van der Waals surface area contributed by atoms with Gasteiger partial charge in [-0.25, -0.2) is 4.68 Å². The third kappa shape index (κ3) is 5.22. The average molecular weight is 388 g/mol. The van der Waals surface area contributed by atoms with Crippen molar-refractivity contribution in [3.05, 3.63) is 35.7 Å². The molecule has 0 spiro atoms. The highest BCUT2D eigenvalue weighted by atomic mass is 16.5. The second-order valence-corrected chi connectivity index (χ2v) is 6.93. The summed E-state index contributed by atoms with van der Waals surface area (Å²) >= 11 is 0. The lowest BCUT2D eigenvalue weighted by Crippen LogP contribution is -2.36. The maximum atomic E-state index is 11.8. The number of nitrogens with zero attached hydrogens (tertiary/aromatic N) is 4. The smallest absolute Gasteiger partial charge is 0.309 e. The summed E-state index contributed by atoms with van der Waals surface area (Å²) in [6.07, 6.45) is 3.62. The number of carbonyl (C=O) groups is 1. The van der Waals surface area contributed by atoms with E-state index in [0.29, 0.717) is 13.2 Å². The second-order valence-electron chi connectivity index (χ2n) is 6.93. The number of aromatic nitrogens is 3. The van der Waals surface area contributed by atoms with Crippen LogP contribution < -0.4 is 9.47 Å². The summed E-state index contributed by atoms with van der Waals surface area (Å²) in [5.74, 6) is 1.45. The van der Waals surface area contributed by atoms with Crippen LogP contribution in [-0.4, -0.2) is 59.8 Å². The van der Waals surface area contributed by atoms with Crippen molar-refractivity contribution in [1.82, 2.24) is 19.9 Å². The molecule has 2 heterocycles. The van der Waals surface area contributed by atoms with E-state index in [1.54, 1.807) is 14.2 Å². The van der Waals surface area contributed by atoms with Crippen molar-refractivity contribution in [1.29, 1.82) is 0 Å². The Hall–Kier alpha value is -2.61. The fraction of sp³-hybridized carbons (Fsp3) is 0.550. The zero-order valence-electron chi connectivity index (χ0n) is 16.8. The number of ether oxygens (including phenoxy) is 3. The monoisotopic (exact) mass is 388 g/mol. The minimum Gasteiger partial charge on any atom is -0.497 e. The Labute approximate surface area is 165 Å². The van der Waals surface area contributed by atoms with Crippen LogP contribution in [0.25, 0.3) is 0 Å². The van der Waals surface area contributed by atoms with Crippen molar-refractivity contribution in [2.45, 2.75) is 32.9 Å². The first-order valence-electron chi connectivity index (χ1n) is 9.61. The van der Waals surface area contributed by atoms with Crippen LogP contribution in [0, 0.1) is 5.92 Å². The van der Waals surface area contributed by atoms with E-state index in [9.17, 15) is 4.79 Å². The molecule has 0 aliphatic carbocycles. The quantitative estimate of drug-likeness (QED) is 0.641. The molecule has 152 valence electrons. The Morgan fingerprint density at radius 2 is 1.79 bits per heavy atom. The third-order valence-electron chi connectivity index (χ3n) is 4.94. The predicted octanol–water partition coefficient (Wildman–Crippen LogP) is 2.12. The van der Waals surface area contributed by atoms with Gasteiger partial charge < -0.3 is 14.2 Å². The van der Waals surface area contributed by atoms with Crippen molar-refractivity contribution >= 4 is 5.97 Å². The molecule has 8 heteroatoms. The summed E-state index contributed by atoms with van der Waals surface area (Å²) in [7, 11) is 3.27. The highest BCUT2D eigenvalue weighted by Crippen LogP contribution is 2.23. The number of hydrogen-bond acceptors (Lipinski definition) is 7. The van der Waals surface area contributed by atoms with Gasteiger partial charge >= 0.3 is 5.97 Å². The molecule has 1 saturated heterocycles. The van der Waals surface area contributed by atoms with E-state index in [1.165, 1.54) is 0 Å². The molecule has 1 aliphatic rings. The van der Waals surface area contributed by atoms with E-state index < -0.39 is 0 Å². The Bertz CT molecular complexity index is 762. The highest BCUT2D eigenvalue weighted by molar-refractivity contribution is 5.72. The molecule has 1 aromatic carbocycles. The van der Waals surface area contributed by atoms with Crippen molar-refractivity contribution < 1.29 is 19.0 Å². The molecule has 0 saturated carbocycles. The molecule has 1 fully saturated rings. The third-order valence-corrected chi connectivity index (χ3v) is 4.94. The number of hydrogen-bond donors (Lipinski definition) is 0. The number of rotatable bonds is 8. The average Bonchev–Trinajstić information content (AvgIpc) is 3.15. The normalized spacial score (nSPS) is 15.4. The van der Waals surface area contributed by atoms with E-state index in [1.807, 2.05) is 36.0 Å². The summed E-state index contributed by atoms with van der Waals surface area (Å²) < 4.78 is 17.6. The van der Waals surface area contributed by atoms with Gasteiger partial charge in [0.1, 0.15) is 11.5 Å². The van der Waals surface area contributed by atoms with Gasteiger partial charge in [-0.3, -0.25) is 9.69 Å². The van der Waals surface area contributed by atoms with Gasteiger partial charge in [0.15, 0.2) is 0 Å². The van der Waals surface area contributed by atoms with Gasteiger partial charge in [-0.1, -0.05) is 5.21 Å². The van der Waals surface area contributed by atoms with E-state index in [0.717, 1.165) is 55.2 Å². The first kappa shape index (κ1) is 20.1. The zero-order valence-corrected chi connectivity index (χ0v) is 16.8. The van der Waals surface area contributed by atoms with Gasteiger partial charge in [0, 0.05) is 12.6 Å². The lowest BCUT2D eigenvalue weighted by Gasteiger charge is -2.30. The summed E-state index contributed by atoms with van der Waals surface area (Å²) in [5.41, 5.74) is 1.95. The van der Waals surface area contributed by atoms with Gasteiger partial charge in [-0.2, -0.15) is 0 Å². The second kappa shape index (κ2) is 9.54. The van der Waals surface area contributed by atoms with E-state index in [4.69, 9.17) is 14.2 Å². The summed E-state index contributed by atoms with van der Waals surface area (Å²) in [5, 5.41) is 8.53. The number of likely N-dealkylation sites (tertiary alicyclic amines) is 1. The molecule has 0 amide bonds. The SMILES string of the molecule is CCOC(=O)C1CCN(Cc2cn(Cc3cc(OC)cc(OC)c3)nn2)CC1. The number of benzene rings is 1. The first-order chi connectivity index (χ1) is 13.6. The minimum absolute atomic E-state index is 0.0231. The largest absolute Gasteiger partial charge is 0.497 e. The van der Waals surface area contributed by atoms with Crippen LogP contribution in [-0.2, 0) is 22.6 Å². The Kier molecular flexibility index (Phi) is 6.86. The van der Waals surface area contributed by atoms with Crippen LogP contribution in [0.5, 0.6) is 11.5 Å². The van der Waals surface area contributed by atoms with Gasteiger partial charge in [0.25, 0.3) is 0 Å². The van der Waals surface area contributed by atoms with Crippen LogP contribution in [0.4, 0.5) is 0 Å². The molecule has 0 N–H and O–H groups in total. The van der Waals surface area contributed by atoms with Gasteiger partial charge in [0.05, 0.1) is 45.2 Å². The lowest BCUT2D eigenvalue weighted by atomic mass is 9.97. The summed E-state index contributed by atoms with van der Waals surface area (Å²) in [6, 6.07) is 5.77. The minimum atomic E-state index is -0.0678. The Morgan fingerprint density at radius 3 is 2.39 bits per heavy atom. The number of methoxy groups -OCH3 is 2. The molecule has 0 atom stereocenters. The fourth-order valence-corrected chi connectivity index (χ4v) is 3.45. The van der Waals surface area contributed by atoms with Crippen LogP contribution in [0.15, 0.2) is 24.4 Å². The van der Waals surface area contributed by atoms with E-state index in [2.05, 4.69) is 15.2 Å². The van der Waals surface area contributed by atoms with Crippen LogP contribution in [0.3, 0.4) is 0 Å². The maximum absolute atomic E-state index is 11.8. The maximum Gasteiger partial charge on any atom is 0.309 e. The predicted molar refractivity (Wildman–Crippen MR) is 103 cm³/mol. The number of carbonyl (C=O) groups excluding carboxylic acids is 1. The molecule has 28 heavy (non-hydrogen) atoms. The highest BCUT2D eigenvalue weighted by Gasteiger charge is 2.26. The summed E-state index contributed by atoms with van der Waals surface area (Å²) in [6.45, 7) is 5.34. The van der Waals surface area contributed by atoms with Gasteiger partial charge in [-0.05, 0) is 50.6 Å². The van der Waals surface area contributed by atoms with Crippen LogP contribution in [0.1, 0.15) is 31.0 Å². The Balaban J connectivity index is 1.54. The molecule has 0 unspecified atom stereocenters. The van der Waals surface area contributed by atoms with E-state index in [-0.39, 0.29) is 11.9 Å². The Morgan fingerprint density at radius 1 is 1.11 bits per heavy atom. The molecule has 1 aliphatic heterocycles. The molecule has 0 bridgehead atoms. The molecule has 3 rings (SSSR count). The van der Waals surface area contributed by atoms with E-state index >= 15 is 0 Å².